The van der Waals surface area contributed by atoms with E-state index in [1.807, 2.05) is 0 Å². The highest BCUT2D eigenvalue weighted by Gasteiger charge is 2.18. The van der Waals surface area contributed by atoms with Crippen LogP contribution < -0.4 is 5.73 Å². The third-order valence-electron chi connectivity index (χ3n) is 1.74. The molecule has 0 saturated carbocycles. The molecular formula is C10H9NO4. The Labute approximate surface area is 85.5 Å². The molecule has 0 spiro atoms. The van der Waals surface area contributed by atoms with Crippen LogP contribution in [0.1, 0.15) is 10.4 Å². The second kappa shape index (κ2) is 4.28. The number of allylic oxidation sites excluding steroid dienone is 1. The topological polar surface area (TPSA) is 101 Å². The second-order valence-electron chi connectivity index (χ2n) is 2.76. The van der Waals surface area contributed by atoms with Crippen LogP contribution in [-0.2, 0) is 4.79 Å². The van der Waals surface area contributed by atoms with Crippen molar-refractivity contribution >= 4 is 11.8 Å². The second-order valence-corrected chi connectivity index (χ2v) is 2.76. The van der Waals surface area contributed by atoms with Crippen molar-refractivity contribution < 1.29 is 19.8 Å². The third kappa shape index (κ3) is 2.34. The maximum Gasteiger partial charge on any atom is 0.355 e. The Hall–Kier alpha value is -2.30. The lowest BCUT2D eigenvalue weighted by Gasteiger charge is -2.01. The van der Waals surface area contributed by atoms with Crippen molar-refractivity contribution in [2.45, 2.75) is 0 Å². The summed E-state index contributed by atoms with van der Waals surface area (Å²) in [5.74, 6) is -3.29. The highest BCUT2D eigenvalue weighted by Crippen LogP contribution is 2.07. The highest BCUT2D eigenvalue weighted by molar-refractivity contribution is 6.10. The average Bonchev–Trinajstić information content (AvgIpc) is 2.27. The summed E-state index contributed by atoms with van der Waals surface area (Å²) >= 11 is 0. The van der Waals surface area contributed by atoms with Gasteiger partial charge in [-0.1, -0.05) is 30.3 Å². The Kier molecular flexibility index (Phi) is 3.07. The summed E-state index contributed by atoms with van der Waals surface area (Å²) < 4.78 is 0. The van der Waals surface area contributed by atoms with Crippen LogP contribution in [0.2, 0.25) is 0 Å². The van der Waals surface area contributed by atoms with Crippen molar-refractivity contribution in [1.29, 1.82) is 0 Å². The molecule has 0 aliphatic carbocycles. The first-order chi connectivity index (χ1) is 7.04. The summed E-state index contributed by atoms with van der Waals surface area (Å²) in [6.45, 7) is 0. The fourth-order valence-corrected chi connectivity index (χ4v) is 0.950. The van der Waals surface area contributed by atoms with Crippen LogP contribution >= 0.6 is 0 Å². The van der Waals surface area contributed by atoms with Gasteiger partial charge in [-0.05, 0) is 0 Å². The zero-order chi connectivity index (χ0) is 11.4. The summed E-state index contributed by atoms with van der Waals surface area (Å²) in [6.07, 6.45) is 0. The van der Waals surface area contributed by atoms with Crippen molar-refractivity contribution in [1.82, 2.24) is 0 Å². The molecule has 1 rings (SSSR count). The number of hydrogen-bond acceptors (Lipinski definition) is 4. The van der Waals surface area contributed by atoms with E-state index >= 15 is 0 Å². The zero-order valence-electron chi connectivity index (χ0n) is 7.68. The number of aliphatic carboxylic acids is 1. The first kappa shape index (κ1) is 10.8. The molecule has 0 amide bonds. The van der Waals surface area contributed by atoms with E-state index in [1.165, 1.54) is 12.1 Å². The number of Topliss-reactive ketones (excluding diaryl/α,β-unsaturated/α-hetero) is 1. The minimum absolute atomic E-state index is 0.180. The standard InChI is InChI=1S/C10H9NO4/c11-7(10(14)15)9(13)8(12)6-4-2-1-3-5-6/h1-5,13H,11H2,(H,14,15). The van der Waals surface area contributed by atoms with Crippen LogP contribution in [0.4, 0.5) is 0 Å². The molecule has 0 aliphatic rings. The molecule has 0 aliphatic heterocycles. The van der Waals surface area contributed by atoms with Crippen molar-refractivity contribution in [3.8, 4) is 0 Å². The van der Waals surface area contributed by atoms with Gasteiger partial charge in [0.25, 0.3) is 0 Å². The van der Waals surface area contributed by atoms with Gasteiger partial charge in [0.1, 0.15) is 0 Å². The number of benzene rings is 1. The Balaban J connectivity index is 3.07. The number of aliphatic hydroxyl groups is 1. The smallest absolute Gasteiger partial charge is 0.355 e. The fourth-order valence-electron chi connectivity index (χ4n) is 0.950. The molecule has 4 N–H and O–H groups in total. The molecule has 0 saturated heterocycles. The lowest BCUT2D eigenvalue weighted by Crippen LogP contribution is -2.18. The molecule has 0 fully saturated rings. The Morgan fingerprint density at radius 3 is 2.07 bits per heavy atom. The van der Waals surface area contributed by atoms with Crippen molar-refractivity contribution in [3.63, 3.8) is 0 Å². The molecule has 0 bridgehead atoms. The number of carbonyl (C=O) groups is 2. The van der Waals surface area contributed by atoms with E-state index in [9.17, 15) is 14.7 Å². The number of nitrogens with two attached hydrogens (primary N) is 1. The molecule has 0 heterocycles. The first-order valence-electron chi connectivity index (χ1n) is 4.05. The lowest BCUT2D eigenvalue weighted by molar-refractivity contribution is -0.132. The number of carbonyl (C=O) groups excluding carboxylic acids is 1. The summed E-state index contributed by atoms with van der Waals surface area (Å²) in [5.41, 5.74) is 4.33. The van der Waals surface area contributed by atoms with E-state index in [2.05, 4.69) is 0 Å². The molecule has 5 heteroatoms. The van der Waals surface area contributed by atoms with Crippen LogP contribution in [0.15, 0.2) is 41.8 Å². The van der Waals surface area contributed by atoms with Gasteiger partial charge in [-0.3, -0.25) is 4.79 Å². The van der Waals surface area contributed by atoms with E-state index in [-0.39, 0.29) is 5.56 Å². The largest absolute Gasteiger partial charge is 0.502 e. The molecule has 0 unspecified atom stereocenters. The maximum atomic E-state index is 11.4. The maximum absolute atomic E-state index is 11.4. The summed E-state index contributed by atoms with van der Waals surface area (Å²) in [7, 11) is 0. The van der Waals surface area contributed by atoms with E-state index < -0.39 is 23.2 Å². The van der Waals surface area contributed by atoms with E-state index in [0.717, 1.165) is 0 Å². The van der Waals surface area contributed by atoms with Gasteiger partial charge in [-0.2, -0.15) is 0 Å². The molecule has 78 valence electrons. The zero-order valence-corrected chi connectivity index (χ0v) is 7.68. The Morgan fingerprint density at radius 1 is 1.07 bits per heavy atom. The van der Waals surface area contributed by atoms with Crippen molar-refractivity contribution in [2.24, 2.45) is 5.73 Å². The van der Waals surface area contributed by atoms with Gasteiger partial charge in [-0.15, -0.1) is 0 Å². The van der Waals surface area contributed by atoms with Crippen LogP contribution in [0.3, 0.4) is 0 Å². The monoisotopic (exact) mass is 207 g/mol. The molecule has 15 heavy (non-hydrogen) atoms. The van der Waals surface area contributed by atoms with Gasteiger partial charge in [-0.25, -0.2) is 4.79 Å². The van der Waals surface area contributed by atoms with Crippen molar-refractivity contribution in [2.75, 3.05) is 0 Å². The normalized spacial score (nSPS) is 11.7. The SMILES string of the molecule is NC(C(=O)O)=C(O)C(=O)c1ccccc1. The molecule has 0 aromatic heterocycles. The number of ketones is 1. The minimum atomic E-state index is -1.53. The summed E-state index contributed by atoms with van der Waals surface area (Å²) in [6, 6.07) is 7.79. The number of hydrogen-bond donors (Lipinski definition) is 3. The molecule has 0 radical (unpaired) electrons. The lowest BCUT2D eigenvalue weighted by atomic mass is 10.1. The van der Waals surface area contributed by atoms with Gasteiger partial charge >= 0.3 is 5.97 Å². The highest BCUT2D eigenvalue weighted by atomic mass is 16.4. The fraction of sp³-hybridized carbons (Fsp3) is 0. The van der Waals surface area contributed by atoms with E-state index in [0.29, 0.717) is 0 Å². The van der Waals surface area contributed by atoms with Gasteiger partial charge in [0.2, 0.25) is 5.78 Å². The summed E-state index contributed by atoms with van der Waals surface area (Å²) in [4.78, 5) is 21.8. The number of rotatable bonds is 3. The molecule has 1 aromatic rings. The number of aliphatic hydroxyl groups excluding tert-OH is 1. The minimum Gasteiger partial charge on any atom is -0.502 e. The number of carboxylic acid groups (broad SMARTS) is 1. The first-order valence-corrected chi connectivity index (χ1v) is 4.05. The Bertz CT molecular complexity index is 422. The quantitative estimate of drug-likeness (QED) is 0.384. The molecule has 5 nitrogen and oxygen atoms in total. The van der Waals surface area contributed by atoms with Crippen LogP contribution in [-0.4, -0.2) is 22.0 Å². The molecule has 1 aromatic carbocycles. The molecular weight excluding hydrogens is 198 g/mol. The Morgan fingerprint density at radius 2 is 1.60 bits per heavy atom. The van der Waals surface area contributed by atoms with Gasteiger partial charge in [0, 0.05) is 5.56 Å². The average molecular weight is 207 g/mol. The number of carboxylic acids is 1. The molecule has 0 atom stereocenters. The third-order valence-corrected chi connectivity index (χ3v) is 1.74. The van der Waals surface area contributed by atoms with Gasteiger partial charge in [0.15, 0.2) is 11.5 Å². The van der Waals surface area contributed by atoms with Crippen LogP contribution in [0.25, 0.3) is 0 Å². The van der Waals surface area contributed by atoms with Gasteiger partial charge < -0.3 is 15.9 Å². The summed E-state index contributed by atoms with van der Waals surface area (Å²) in [5, 5.41) is 17.7. The van der Waals surface area contributed by atoms with E-state index in [4.69, 9.17) is 10.8 Å². The van der Waals surface area contributed by atoms with Crippen molar-refractivity contribution in [3.05, 3.63) is 47.4 Å². The van der Waals surface area contributed by atoms with E-state index in [1.54, 1.807) is 18.2 Å². The van der Waals surface area contributed by atoms with Crippen LogP contribution in [0, 0.1) is 0 Å². The predicted octanol–water partition coefficient (Wildman–Crippen LogP) is 0.682. The predicted molar refractivity (Wildman–Crippen MR) is 52.3 cm³/mol. The van der Waals surface area contributed by atoms with Crippen LogP contribution in [0.5, 0.6) is 0 Å². The van der Waals surface area contributed by atoms with Gasteiger partial charge in [0.05, 0.1) is 0 Å².